The summed E-state index contributed by atoms with van der Waals surface area (Å²) in [5.74, 6) is -0.0267. The number of hydrogen-bond acceptors (Lipinski definition) is 2. The molecule has 0 aliphatic carbocycles. The number of nitrogens with one attached hydrogen (secondary N) is 1. The van der Waals surface area contributed by atoms with Gasteiger partial charge in [0, 0.05) is 6.54 Å². The first-order valence-corrected chi connectivity index (χ1v) is 7.05. The van der Waals surface area contributed by atoms with Gasteiger partial charge in [0.2, 0.25) is 0 Å². The maximum atomic E-state index is 12.1. The predicted molar refractivity (Wildman–Crippen MR) is 79.9 cm³/mol. The van der Waals surface area contributed by atoms with Crippen LogP contribution in [0.25, 0.3) is 0 Å². The molecule has 20 heavy (non-hydrogen) atoms. The number of amides is 1. The number of carbonyl (C=O) groups is 1. The van der Waals surface area contributed by atoms with Crippen LogP contribution in [0.3, 0.4) is 0 Å². The second-order valence-corrected chi connectivity index (χ2v) is 4.76. The van der Waals surface area contributed by atoms with Crippen molar-refractivity contribution in [1.29, 1.82) is 0 Å². The Balaban J connectivity index is 2.35. The highest BCUT2D eigenvalue weighted by molar-refractivity contribution is 5.96. The van der Waals surface area contributed by atoms with Gasteiger partial charge in [0.05, 0.1) is 23.5 Å². The third kappa shape index (κ3) is 2.90. The van der Waals surface area contributed by atoms with Crippen molar-refractivity contribution in [3.63, 3.8) is 0 Å². The number of aromatic nitrogens is 2. The molecule has 0 spiro atoms. The van der Waals surface area contributed by atoms with Crippen LogP contribution in [0.15, 0.2) is 30.3 Å². The van der Waals surface area contributed by atoms with Crippen LogP contribution in [0.2, 0.25) is 0 Å². The van der Waals surface area contributed by atoms with Gasteiger partial charge in [0.1, 0.15) is 0 Å². The van der Waals surface area contributed by atoms with E-state index in [1.165, 1.54) is 5.56 Å². The van der Waals surface area contributed by atoms with Crippen molar-refractivity contribution in [2.24, 2.45) is 0 Å². The Bertz CT molecular complexity index is 587. The van der Waals surface area contributed by atoms with Crippen LogP contribution >= 0.6 is 0 Å². The lowest BCUT2D eigenvalue weighted by Gasteiger charge is -2.08. The third-order valence-electron chi connectivity index (χ3n) is 3.31. The van der Waals surface area contributed by atoms with E-state index < -0.39 is 0 Å². The molecule has 1 N–H and O–H groups in total. The highest BCUT2D eigenvalue weighted by atomic mass is 16.1. The van der Waals surface area contributed by atoms with Crippen molar-refractivity contribution in [3.05, 3.63) is 52.8 Å². The molecule has 0 bridgehead atoms. The quantitative estimate of drug-likeness (QED) is 0.908. The molecule has 2 aromatic rings. The summed E-state index contributed by atoms with van der Waals surface area (Å²) in [6.07, 6.45) is 0.792. The van der Waals surface area contributed by atoms with Gasteiger partial charge in [-0.05, 0) is 25.8 Å². The Kier molecular flexibility index (Phi) is 4.56. The SMILES string of the molecule is CCNC(=O)c1c(C)nn(Cc2ccccc2)c1CC. The van der Waals surface area contributed by atoms with Crippen LogP contribution in [0.4, 0.5) is 0 Å². The first kappa shape index (κ1) is 14.3. The van der Waals surface area contributed by atoms with Gasteiger partial charge in [0.25, 0.3) is 5.91 Å². The number of aryl methyl sites for hydroxylation is 1. The molecule has 0 fully saturated rings. The molecule has 1 aromatic heterocycles. The summed E-state index contributed by atoms with van der Waals surface area (Å²) in [5, 5.41) is 7.40. The van der Waals surface area contributed by atoms with Gasteiger partial charge in [-0.25, -0.2) is 0 Å². The van der Waals surface area contributed by atoms with Crippen molar-refractivity contribution in [3.8, 4) is 0 Å². The number of nitrogens with zero attached hydrogens (tertiary/aromatic N) is 2. The molecular formula is C16H21N3O. The van der Waals surface area contributed by atoms with E-state index in [0.717, 1.165) is 23.4 Å². The van der Waals surface area contributed by atoms with Crippen LogP contribution < -0.4 is 5.32 Å². The molecule has 0 saturated heterocycles. The van der Waals surface area contributed by atoms with Crippen molar-refractivity contribution in [1.82, 2.24) is 15.1 Å². The first-order chi connectivity index (χ1) is 9.67. The molecule has 0 unspecified atom stereocenters. The Morgan fingerprint density at radius 1 is 1.25 bits per heavy atom. The lowest BCUT2D eigenvalue weighted by Crippen LogP contribution is -2.24. The normalized spacial score (nSPS) is 10.6. The lowest BCUT2D eigenvalue weighted by molar-refractivity contribution is 0.0954. The van der Waals surface area contributed by atoms with Gasteiger partial charge in [-0.3, -0.25) is 9.48 Å². The standard InChI is InChI=1S/C16H21N3O/c1-4-14-15(16(20)17-5-2)12(3)18-19(14)11-13-9-7-6-8-10-13/h6-10H,4-5,11H2,1-3H3,(H,17,20). The van der Waals surface area contributed by atoms with Gasteiger partial charge < -0.3 is 5.32 Å². The van der Waals surface area contributed by atoms with Gasteiger partial charge in [0.15, 0.2) is 0 Å². The Morgan fingerprint density at radius 2 is 1.95 bits per heavy atom. The van der Waals surface area contributed by atoms with Crippen LogP contribution in [-0.4, -0.2) is 22.2 Å². The van der Waals surface area contributed by atoms with Crippen molar-refractivity contribution < 1.29 is 4.79 Å². The van der Waals surface area contributed by atoms with E-state index in [4.69, 9.17) is 0 Å². The fourth-order valence-electron chi connectivity index (χ4n) is 2.42. The average molecular weight is 271 g/mol. The number of hydrogen-bond donors (Lipinski definition) is 1. The van der Waals surface area contributed by atoms with Crippen LogP contribution in [0.5, 0.6) is 0 Å². The summed E-state index contributed by atoms with van der Waals surface area (Å²) in [4.78, 5) is 12.1. The predicted octanol–water partition coefficient (Wildman–Crippen LogP) is 2.55. The van der Waals surface area contributed by atoms with E-state index in [9.17, 15) is 4.79 Å². The number of carbonyl (C=O) groups excluding carboxylic acids is 1. The van der Waals surface area contributed by atoms with E-state index >= 15 is 0 Å². The Hall–Kier alpha value is -2.10. The van der Waals surface area contributed by atoms with Gasteiger partial charge in [-0.1, -0.05) is 37.3 Å². The zero-order valence-corrected chi connectivity index (χ0v) is 12.3. The molecule has 4 nitrogen and oxygen atoms in total. The molecule has 4 heteroatoms. The zero-order chi connectivity index (χ0) is 14.5. The molecule has 106 valence electrons. The lowest BCUT2D eigenvalue weighted by atomic mass is 10.1. The molecule has 0 atom stereocenters. The van der Waals surface area contributed by atoms with Gasteiger partial charge >= 0.3 is 0 Å². The number of rotatable bonds is 5. The Morgan fingerprint density at radius 3 is 2.55 bits per heavy atom. The fourth-order valence-corrected chi connectivity index (χ4v) is 2.42. The fraction of sp³-hybridized carbons (Fsp3) is 0.375. The van der Waals surface area contributed by atoms with Crippen LogP contribution in [-0.2, 0) is 13.0 Å². The maximum Gasteiger partial charge on any atom is 0.255 e. The molecule has 0 radical (unpaired) electrons. The van der Waals surface area contributed by atoms with Crippen molar-refractivity contribution >= 4 is 5.91 Å². The number of benzene rings is 1. The summed E-state index contributed by atoms with van der Waals surface area (Å²) >= 11 is 0. The summed E-state index contributed by atoms with van der Waals surface area (Å²) in [7, 11) is 0. The van der Waals surface area contributed by atoms with E-state index in [0.29, 0.717) is 13.1 Å². The molecule has 0 aliphatic heterocycles. The largest absolute Gasteiger partial charge is 0.352 e. The summed E-state index contributed by atoms with van der Waals surface area (Å²) in [5.41, 5.74) is 3.71. The molecule has 2 rings (SSSR count). The van der Waals surface area contributed by atoms with Gasteiger partial charge in [-0.15, -0.1) is 0 Å². The molecule has 0 aliphatic rings. The maximum absolute atomic E-state index is 12.1. The van der Waals surface area contributed by atoms with Crippen LogP contribution in [0.1, 0.15) is 41.2 Å². The van der Waals surface area contributed by atoms with Crippen molar-refractivity contribution in [2.75, 3.05) is 6.54 Å². The second kappa shape index (κ2) is 6.37. The zero-order valence-electron chi connectivity index (χ0n) is 12.3. The minimum Gasteiger partial charge on any atom is -0.352 e. The minimum atomic E-state index is -0.0267. The highest BCUT2D eigenvalue weighted by Crippen LogP contribution is 2.16. The summed E-state index contributed by atoms with van der Waals surface area (Å²) in [6.45, 7) is 7.20. The average Bonchev–Trinajstić information content (AvgIpc) is 2.75. The summed E-state index contributed by atoms with van der Waals surface area (Å²) < 4.78 is 1.94. The minimum absolute atomic E-state index is 0.0267. The molecule has 1 heterocycles. The smallest absolute Gasteiger partial charge is 0.255 e. The monoisotopic (exact) mass is 271 g/mol. The van der Waals surface area contributed by atoms with Crippen molar-refractivity contribution in [2.45, 2.75) is 33.7 Å². The first-order valence-electron chi connectivity index (χ1n) is 7.05. The van der Waals surface area contributed by atoms with E-state index in [1.807, 2.05) is 36.7 Å². The van der Waals surface area contributed by atoms with Crippen LogP contribution in [0, 0.1) is 6.92 Å². The molecular weight excluding hydrogens is 250 g/mol. The molecule has 1 amide bonds. The Labute approximate surface area is 119 Å². The van der Waals surface area contributed by atoms with E-state index in [1.54, 1.807) is 0 Å². The summed E-state index contributed by atoms with van der Waals surface area (Å²) in [6, 6.07) is 10.2. The molecule has 1 aromatic carbocycles. The highest BCUT2D eigenvalue weighted by Gasteiger charge is 2.19. The van der Waals surface area contributed by atoms with E-state index in [-0.39, 0.29) is 5.91 Å². The third-order valence-corrected chi connectivity index (χ3v) is 3.31. The van der Waals surface area contributed by atoms with E-state index in [2.05, 4.69) is 29.5 Å². The van der Waals surface area contributed by atoms with Gasteiger partial charge in [-0.2, -0.15) is 5.10 Å². The second-order valence-electron chi connectivity index (χ2n) is 4.76. The topological polar surface area (TPSA) is 46.9 Å². The molecule has 0 saturated carbocycles.